The van der Waals surface area contributed by atoms with Crippen LogP contribution >= 0.6 is 11.3 Å². The molecule has 0 atom stereocenters. The highest BCUT2D eigenvalue weighted by atomic mass is 32.2. The van der Waals surface area contributed by atoms with Crippen LogP contribution in [0.3, 0.4) is 0 Å². The van der Waals surface area contributed by atoms with Crippen molar-refractivity contribution in [1.82, 2.24) is 4.98 Å². The number of nitrogens with zero attached hydrogens (tertiary/aromatic N) is 1. The quantitative estimate of drug-likeness (QED) is 0.359. The van der Waals surface area contributed by atoms with Crippen molar-refractivity contribution in [2.75, 3.05) is 30.4 Å². The number of carbonyl (C=O) groups excluding carboxylic acids is 1. The summed E-state index contributed by atoms with van der Waals surface area (Å²) in [4.78, 5) is 28.7. The Morgan fingerprint density at radius 2 is 1.86 bits per heavy atom. The predicted octanol–water partition coefficient (Wildman–Crippen LogP) is 4.38. The average Bonchev–Trinajstić information content (AvgIpc) is 3.23. The number of carbonyl (C=O) groups is 2. The normalized spacial score (nSPS) is 14.2. The van der Waals surface area contributed by atoms with E-state index in [0.717, 1.165) is 12.8 Å². The van der Waals surface area contributed by atoms with Crippen molar-refractivity contribution in [2.24, 2.45) is 5.92 Å². The molecule has 0 unspecified atom stereocenters. The SMILES string of the molecule is COc1ccc(-c2sc(NC(=O)CC3CCOCC3)nc2C)cc1S(=O)(=O)Nc1ccc(C(=O)O)cc1. The van der Waals surface area contributed by atoms with E-state index in [1.54, 1.807) is 19.1 Å². The lowest BCUT2D eigenvalue weighted by Gasteiger charge is -2.20. The molecule has 2 aromatic carbocycles. The maximum atomic E-state index is 13.2. The van der Waals surface area contributed by atoms with Crippen molar-refractivity contribution in [3.63, 3.8) is 0 Å². The number of thiazole rings is 1. The molecule has 0 saturated carbocycles. The fourth-order valence-corrected chi connectivity index (χ4v) is 6.25. The monoisotopic (exact) mass is 545 g/mol. The van der Waals surface area contributed by atoms with Crippen LogP contribution in [-0.4, -0.2) is 50.7 Å². The zero-order chi connectivity index (χ0) is 26.6. The lowest BCUT2D eigenvalue weighted by Crippen LogP contribution is -2.22. The summed E-state index contributed by atoms with van der Waals surface area (Å²) in [6.07, 6.45) is 2.12. The summed E-state index contributed by atoms with van der Waals surface area (Å²) < 4.78 is 39.5. The number of rotatable bonds is 9. The maximum absolute atomic E-state index is 13.2. The summed E-state index contributed by atoms with van der Waals surface area (Å²) in [5, 5.41) is 12.4. The molecule has 1 fully saturated rings. The molecule has 0 bridgehead atoms. The molecule has 1 aliphatic heterocycles. The molecule has 2 heterocycles. The Morgan fingerprint density at radius 3 is 2.51 bits per heavy atom. The summed E-state index contributed by atoms with van der Waals surface area (Å²) in [6, 6.07) is 10.1. The van der Waals surface area contributed by atoms with Gasteiger partial charge in [-0.3, -0.25) is 9.52 Å². The third-order valence-electron chi connectivity index (χ3n) is 5.96. The van der Waals surface area contributed by atoms with Gasteiger partial charge in [-0.25, -0.2) is 18.2 Å². The van der Waals surface area contributed by atoms with Crippen molar-refractivity contribution < 1.29 is 32.6 Å². The Morgan fingerprint density at radius 1 is 1.16 bits per heavy atom. The van der Waals surface area contributed by atoms with Gasteiger partial charge in [0.1, 0.15) is 10.6 Å². The number of aromatic nitrogens is 1. The van der Waals surface area contributed by atoms with Gasteiger partial charge in [0.05, 0.1) is 23.2 Å². The minimum atomic E-state index is -4.08. The molecule has 0 aliphatic carbocycles. The van der Waals surface area contributed by atoms with Crippen LogP contribution in [0.5, 0.6) is 5.75 Å². The van der Waals surface area contributed by atoms with Crippen LogP contribution < -0.4 is 14.8 Å². The summed E-state index contributed by atoms with van der Waals surface area (Å²) in [6.45, 7) is 3.13. The first-order chi connectivity index (χ1) is 17.7. The first-order valence-corrected chi connectivity index (χ1v) is 13.9. The summed E-state index contributed by atoms with van der Waals surface area (Å²) in [5.41, 5.74) is 1.50. The van der Waals surface area contributed by atoms with E-state index in [9.17, 15) is 18.0 Å². The molecule has 196 valence electrons. The number of aryl methyl sites for hydroxylation is 1. The molecule has 12 heteroatoms. The molecule has 1 aliphatic rings. The van der Waals surface area contributed by atoms with Crippen molar-refractivity contribution >= 4 is 44.1 Å². The van der Waals surface area contributed by atoms with Gasteiger partial charge in [0.15, 0.2) is 5.13 Å². The number of carboxylic acids is 1. The van der Waals surface area contributed by atoms with Crippen LogP contribution in [0, 0.1) is 12.8 Å². The first-order valence-electron chi connectivity index (χ1n) is 11.6. The number of sulfonamides is 1. The Kier molecular flexibility index (Phi) is 8.10. The predicted molar refractivity (Wildman–Crippen MR) is 140 cm³/mol. The van der Waals surface area contributed by atoms with E-state index >= 15 is 0 Å². The number of amides is 1. The van der Waals surface area contributed by atoms with Gasteiger partial charge >= 0.3 is 5.97 Å². The van der Waals surface area contributed by atoms with Crippen LogP contribution in [-0.2, 0) is 19.6 Å². The van der Waals surface area contributed by atoms with Crippen LogP contribution in [0.1, 0.15) is 35.3 Å². The first kappa shape index (κ1) is 26.6. The molecule has 4 rings (SSSR count). The smallest absolute Gasteiger partial charge is 0.335 e. The van der Waals surface area contributed by atoms with E-state index < -0.39 is 16.0 Å². The second kappa shape index (κ2) is 11.3. The number of carboxylic acid groups (broad SMARTS) is 1. The number of methoxy groups -OCH3 is 1. The zero-order valence-electron chi connectivity index (χ0n) is 20.3. The number of hydrogen-bond donors (Lipinski definition) is 3. The number of benzene rings is 2. The Hall–Kier alpha value is -3.48. The number of aromatic carboxylic acids is 1. The molecular weight excluding hydrogens is 518 g/mol. The van der Waals surface area contributed by atoms with E-state index in [4.69, 9.17) is 14.6 Å². The van der Waals surface area contributed by atoms with Gasteiger partial charge in [0.2, 0.25) is 5.91 Å². The highest BCUT2D eigenvalue weighted by Gasteiger charge is 2.23. The van der Waals surface area contributed by atoms with Crippen molar-refractivity contribution in [3.05, 3.63) is 53.7 Å². The van der Waals surface area contributed by atoms with Crippen LogP contribution in [0.15, 0.2) is 47.4 Å². The second-order valence-electron chi connectivity index (χ2n) is 8.60. The van der Waals surface area contributed by atoms with Gasteiger partial charge in [0.25, 0.3) is 10.0 Å². The number of anilines is 2. The van der Waals surface area contributed by atoms with Gasteiger partial charge in [-0.1, -0.05) is 11.3 Å². The second-order valence-corrected chi connectivity index (χ2v) is 11.2. The molecule has 3 aromatic rings. The Bertz CT molecular complexity index is 1400. The summed E-state index contributed by atoms with van der Waals surface area (Å²) >= 11 is 1.26. The third kappa shape index (κ3) is 6.45. The van der Waals surface area contributed by atoms with Crippen LogP contribution in [0.2, 0.25) is 0 Å². The lowest BCUT2D eigenvalue weighted by molar-refractivity contribution is -0.117. The van der Waals surface area contributed by atoms with E-state index in [-0.39, 0.29) is 33.7 Å². The molecule has 0 spiro atoms. The van der Waals surface area contributed by atoms with Crippen molar-refractivity contribution in [1.29, 1.82) is 0 Å². The topological polar surface area (TPSA) is 144 Å². The number of nitrogens with one attached hydrogen (secondary N) is 2. The molecule has 1 amide bonds. The van der Waals surface area contributed by atoms with E-state index in [1.807, 2.05) is 0 Å². The highest BCUT2D eigenvalue weighted by molar-refractivity contribution is 7.92. The largest absolute Gasteiger partial charge is 0.495 e. The lowest BCUT2D eigenvalue weighted by atomic mass is 9.96. The van der Waals surface area contributed by atoms with Gasteiger partial charge in [-0.2, -0.15) is 0 Å². The Labute approximate surface area is 218 Å². The van der Waals surface area contributed by atoms with Crippen molar-refractivity contribution in [3.8, 4) is 16.2 Å². The van der Waals surface area contributed by atoms with E-state index in [1.165, 1.54) is 48.8 Å². The third-order valence-corrected chi connectivity index (χ3v) is 8.48. The summed E-state index contributed by atoms with van der Waals surface area (Å²) in [7, 11) is -2.70. The molecule has 10 nitrogen and oxygen atoms in total. The van der Waals surface area contributed by atoms with Crippen LogP contribution in [0.4, 0.5) is 10.8 Å². The van der Waals surface area contributed by atoms with Gasteiger partial charge in [0, 0.05) is 25.3 Å². The number of ether oxygens (including phenoxy) is 2. The molecule has 1 saturated heterocycles. The maximum Gasteiger partial charge on any atom is 0.335 e. The van der Waals surface area contributed by atoms with Gasteiger partial charge < -0.3 is 19.9 Å². The van der Waals surface area contributed by atoms with Crippen molar-refractivity contribution in [2.45, 2.75) is 31.1 Å². The fraction of sp³-hybridized carbons (Fsp3) is 0.320. The molecular formula is C25H27N3O7S2. The number of hydrogen-bond acceptors (Lipinski definition) is 8. The molecule has 1 aromatic heterocycles. The minimum absolute atomic E-state index is 0.0406. The minimum Gasteiger partial charge on any atom is -0.495 e. The Balaban J connectivity index is 1.55. The standard InChI is InChI=1S/C25H27N3O7S2/c1-15-23(36-25(26-15)27-22(29)13-16-9-11-35-12-10-16)18-5-8-20(34-2)21(14-18)37(32,33)28-19-6-3-17(4-7-19)24(30)31/h3-8,14,16,28H,9-13H2,1-2H3,(H,30,31)(H,26,27,29). The van der Waals surface area contributed by atoms with E-state index in [0.29, 0.717) is 40.9 Å². The fourth-order valence-electron chi connectivity index (χ4n) is 4.02. The highest BCUT2D eigenvalue weighted by Crippen LogP contribution is 2.37. The van der Waals surface area contributed by atoms with E-state index in [2.05, 4.69) is 15.0 Å². The molecule has 3 N–H and O–H groups in total. The molecule has 0 radical (unpaired) electrons. The molecule has 37 heavy (non-hydrogen) atoms. The zero-order valence-corrected chi connectivity index (χ0v) is 21.9. The summed E-state index contributed by atoms with van der Waals surface area (Å²) in [5.74, 6) is -0.784. The van der Waals surface area contributed by atoms with Gasteiger partial charge in [-0.05, 0) is 73.7 Å². The average molecular weight is 546 g/mol. The van der Waals surface area contributed by atoms with Crippen LogP contribution in [0.25, 0.3) is 10.4 Å². The van der Waals surface area contributed by atoms with Gasteiger partial charge in [-0.15, -0.1) is 0 Å².